The van der Waals surface area contributed by atoms with E-state index >= 15 is 0 Å². The third-order valence-electron chi connectivity index (χ3n) is 2.54. The molecule has 2 rings (SSSR count). The van der Waals surface area contributed by atoms with Crippen LogP contribution in [0.5, 0.6) is 0 Å². The van der Waals surface area contributed by atoms with E-state index in [0.29, 0.717) is 11.4 Å². The van der Waals surface area contributed by atoms with E-state index < -0.39 is 0 Å². The van der Waals surface area contributed by atoms with Crippen molar-refractivity contribution >= 4 is 51.6 Å². The number of hydrogen-bond donors (Lipinski definition) is 2. The Morgan fingerprint density at radius 1 is 1.30 bits per heavy atom. The lowest BCUT2D eigenvalue weighted by Crippen LogP contribution is -2.34. The molecule has 4 nitrogen and oxygen atoms in total. The number of carbonyl (C=O) groups excluding carboxylic acids is 1. The highest BCUT2D eigenvalue weighted by molar-refractivity contribution is 14.1. The van der Waals surface area contributed by atoms with Crippen LogP contribution < -0.4 is 10.6 Å². The fourth-order valence-electron chi connectivity index (χ4n) is 1.57. The molecule has 0 saturated heterocycles. The molecular weight excluding hydrogens is 385 g/mol. The van der Waals surface area contributed by atoms with Crippen LogP contribution in [-0.2, 0) is 0 Å². The zero-order valence-electron chi connectivity index (χ0n) is 10.7. The number of thiocarbonyl (C=S) groups is 1. The Kier molecular flexibility index (Phi) is 5.02. The van der Waals surface area contributed by atoms with Crippen molar-refractivity contribution in [2.45, 2.75) is 6.92 Å². The van der Waals surface area contributed by atoms with Gasteiger partial charge >= 0.3 is 0 Å². The Bertz CT molecular complexity index is 646. The number of aryl methyl sites for hydroxylation is 1. The monoisotopic (exact) mass is 397 g/mol. The lowest BCUT2D eigenvalue weighted by molar-refractivity contribution is 0.0977. The summed E-state index contributed by atoms with van der Waals surface area (Å²) in [5.74, 6) is 0.398. The second-order valence-electron chi connectivity index (χ2n) is 4.09. The molecule has 20 heavy (non-hydrogen) atoms. The van der Waals surface area contributed by atoms with Crippen LogP contribution in [0.25, 0.3) is 0 Å². The summed E-state index contributed by atoms with van der Waals surface area (Å²) in [5.41, 5.74) is 1.53. The summed E-state index contributed by atoms with van der Waals surface area (Å²) in [6, 6.07) is 10.9. The van der Waals surface area contributed by atoms with Gasteiger partial charge in [-0.05, 0) is 65.5 Å². The van der Waals surface area contributed by atoms with Gasteiger partial charge in [0.25, 0.3) is 5.91 Å². The van der Waals surface area contributed by atoms with Gasteiger partial charge in [0.15, 0.2) is 5.11 Å². The van der Waals surface area contributed by atoms with Crippen LogP contribution in [0.1, 0.15) is 15.9 Å². The Hall–Kier alpha value is -1.54. The van der Waals surface area contributed by atoms with E-state index in [1.54, 1.807) is 30.5 Å². The summed E-state index contributed by atoms with van der Waals surface area (Å²) in [7, 11) is 0. The van der Waals surface area contributed by atoms with Gasteiger partial charge < -0.3 is 5.32 Å². The molecule has 1 aromatic carbocycles. The normalized spacial score (nSPS) is 9.90. The number of pyridine rings is 1. The first-order valence-corrected chi connectivity index (χ1v) is 7.34. The number of nitrogens with zero attached hydrogens (tertiary/aromatic N) is 1. The highest BCUT2D eigenvalue weighted by Crippen LogP contribution is 2.14. The summed E-state index contributed by atoms with van der Waals surface area (Å²) in [4.78, 5) is 16.2. The first kappa shape index (κ1) is 14.9. The molecule has 2 aromatic rings. The van der Waals surface area contributed by atoms with Crippen LogP contribution in [0, 0.1) is 10.5 Å². The van der Waals surface area contributed by atoms with Gasteiger partial charge in [-0.25, -0.2) is 4.98 Å². The molecule has 0 radical (unpaired) electrons. The molecule has 1 amide bonds. The van der Waals surface area contributed by atoms with Crippen LogP contribution in [0.15, 0.2) is 42.6 Å². The van der Waals surface area contributed by atoms with Crippen molar-refractivity contribution in [2.75, 3.05) is 5.32 Å². The average Bonchev–Trinajstić information content (AvgIpc) is 2.43. The van der Waals surface area contributed by atoms with E-state index in [0.717, 1.165) is 9.13 Å². The van der Waals surface area contributed by atoms with Crippen LogP contribution in [-0.4, -0.2) is 16.0 Å². The highest BCUT2D eigenvalue weighted by Gasteiger charge is 2.08. The van der Waals surface area contributed by atoms with Gasteiger partial charge in [-0.15, -0.1) is 0 Å². The van der Waals surface area contributed by atoms with Crippen LogP contribution in [0.2, 0.25) is 0 Å². The van der Waals surface area contributed by atoms with Crippen molar-refractivity contribution in [2.24, 2.45) is 0 Å². The summed E-state index contributed by atoms with van der Waals surface area (Å²) >= 11 is 7.31. The minimum atomic E-state index is -0.244. The largest absolute Gasteiger partial charge is 0.317 e. The predicted octanol–water partition coefficient (Wildman–Crippen LogP) is 3.12. The first-order chi connectivity index (χ1) is 9.56. The maximum atomic E-state index is 11.9. The molecule has 0 unspecified atom stereocenters. The van der Waals surface area contributed by atoms with Crippen LogP contribution >= 0.6 is 34.8 Å². The topological polar surface area (TPSA) is 54.0 Å². The predicted molar refractivity (Wildman–Crippen MR) is 91.8 cm³/mol. The van der Waals surface area contributed by atoms with Crippen molar-refractivity contribution in [1.82, 2.24) is 10.3 Å². The number of hydrogen-bond acceptors (Lipinski definition) is 3. The number of anilines is 1. The molecule has 2 N–H and O–H groups in total. The molecule has 1 heterocycles. The molecule has 0 aliphatic carbocycles. The zero-order valence-corrected chi connectivity index (χ0v) is 13.7. The van der Waals surface area contributed by atoms with Crippen molar-refractivity contribution in [3.05, 3.63) is 57.3 Å². The minimum absolute atomic E-state index is 0.232. The molecular formula is C14H12IN3OS. The van der Waals surface area contributed by atoms with Gasteiger partial charge in [-0.2, -0.15) is 0 Å². The van der Waals surface area contributed by atoms with Gasteiger partial charge in [-0.3, -0.25) is 10.1 Å². The SMILES string of the molecule is Cc1cc(I)cnc1NC(=S)NC(=O)c1ccccc1. The van der Waals surface area contributed by atoms with Gasteiger partial charge in [0.2, 0.25) is 0 Å². The number of benzene rings is 1. The van der Waals surface area contributed by atoms with E-state index in [-0.39, 0.29) is 11.0 Å². The van der Waals surface area contributed by atoms with Gasteiger partial charge in [0.05, 0.1) is 0 Å². The molecule has 1 aromatic heterocycles. The van der Waals surface area contributed by atoms with E-state index in [1.165, 1.54) is 0 Å². The summed E-state index contributed by atoms with van der Waals surface area (Å²) in [6.45, 7) is 1.93. The minimum Gasteiger partial charge on any atom is -0.317 e. The summed E-state index contributed by atoms with van der Waals surface area (Å²) in [6.07, 6.45) is 1.73. The number of aromatic nitrogens is 1. The Morgan fingerprint density at radius 3 is 2.65 bits per heavy atom. The molecule has 0 atom stereocenters. The number of nitrogens with one attached hydrogen (secondary N) is 2. The average molecular weight is 397 g/mol. The maximum absolute atomic E-state index is 11.9. The van der Waals surface area contributed by atoms with Crippen molar-refractivity contribution < 1.29 is 4.79 Å². The quantitative estimate of drug-likeness (QED) is 0.604. The van der Waals surface area contributed by atoms with E-state index in [4.69, 9.17) is 12.2 Å². The van der Waals surface area contributed by atoms with Gasteiger partial charge in [0.1, 0.15) is 5.82 Å². The Labute approximate surface area is 136 Å². The molecule has 6 heteroatoms. The Balaban J connectivity index is 2.01. The molecule has 102 valence electrons. The van der Waals surface area contributed by atoms with Crippen LogP contribution in [0.4, 0.5) is 5.82 Å². The van der Waals surface area contributed by atoms with Crippen molar-refractivity contribution in [1.29, 1.82) is 0 Å². The van der Waals surface area contributed by atoms with Crippen molar-refractivity contribution in [3.63, 3.8) is 0 Å². The van der Waals surface area contributed by atoms with Crippen LogP contribution in [0.3, 0.4) is 0 Å². The second-order valence-corrected chi connectivity index (χ2v) is 5.75. The van der Waals surface area contributed by atoms with Crippen molar-refractivity contribution in [3.8, 4) is 0 Å². The molecule has 0 fully saturated rings. The molecule has 0 bridgehead atoms. The maximum Gasteiger partial charge on any atom is 0.257 e. The molecule has 0 saturated carbocycles. The Morgan fingerprint density at radius 2 is 2.00 bits per heavy atom. The highest BCUT2D eigenvalue weighted by atomic mass is 127. The summed E-state index contributed by atoms with van der Waals surface area (Å²) < 4.78 is 1.05. The third kappa shape index (κ3) is 3.97. The number of carbonyl (C=O) groups is 1. The third-order valence-corrected chi connectivity index (χ3v) is 3.33. The number of halogens is 1. The zero-order chi connectivity index (χ0) is 14.5. The summed E-state index contributed by atoms with van der Waals surface area (Å²) in [5, 5.41) is 5.78. The fourth-order valence-corrected chi connectivity index (χ4v) is 2.37. The van der Waals surface area contributed by atoms with E-state index in [1.807, 2.05) is 19.1 Å². The molecule has 0 aliphatic heterocycles. The fraction of sp³-hybridized carbons (Fsp3) is 0.0714. The second kappa shape index (κ2) is 6.76. The van der Waals surface area contributed by atoms with Gasteiger partial charge in [0, 0.05) is 15.3 Å². The van der Waals surface area contributed by atoms with E-state index in [9.17, 15) is 4.79 Å². The lowest BCUT2D eigenvalue weighted by atomic mass is 10.2. The molecule has 0 aliphatic rings. The van der Waals surface area contributed by atoms with E-state index in [2.05, 4.69) is 38.2 Å². The van der Waals surface area contributed by atoms with Gasteiger partial charge in [-0.1, -0.05) is 18.2 Å². The first-order valence-electron chi connectivity index (χ1n) is 5.86. The lowest BCUT2D eigenvalue weighted by Gasteiger charge is -2.11. The molecule has 0 spiro atoms. The number of amides is 1. The smallest absolute Gasteiger partial charge is 0.257 e. The standard InChI is InChI=1S/C14H12IN3OS/c1-9-7-11(15)8-16-12(9)17-14(20)18-13(19)10-5-3-2-4-6-10/h2-8H,1H3,(H2,16,17,18,19,20). The number of rotatable bonds is 2.